The van der Waals surface area contributed by atoms with E-state index >= 15 is 0 Å². The van der Waals surface area contributed by atoms with Gasteiger partial charge in [-0.1, -0.05) is 12.1 Å². The molecule has 0 unspecified atom stereocenters. The molecule has 4 rings (SSSR count). The standard InChI is InChI=1S/C24H24N2O4/c1-16-9-20(10-17(2)23(16)28-14-19-5-4-8-25-12-19)24(27)26(3)13-18-6-7-21-22(11-18)30-15-29-21/h4-12H,13-15H2,1-3H3. The number of aromatic nitrogens is 1. The van der Waals surface area contributed by atoms with Crippen LogP contribution in [0.15, 0.2) is 54.9 Å². The molecule has 0 atom stereocenters. The van der Waals surface area contributed by atoms with E-state index in [2.05, 4.69) is 4.98 Å². The van der Waals surface area contributed by atoms with Gasteiger partial charge < -0.3 is 19.1 Å². The first kappa shape index (κ1) is 19.8. The quantitative estimate of drug-likeness (QED) is 0.614. The molecule has 0 saturated carbocycles. The highest BCUT2D eigenvalue weighted by Crippen LogP contribution is 2.33. The van der Waals surface area contributed by atoms with Crippen LogP contribution in [0.1, 0.15) is 32.6 Å². The molecule has 6 nitrogen and oxygen atoms in total. The maximum Gasteiger partial charge on any atom is 0.253 e. The Morgan fingerprint density at radius 2 is 1.83 bits per heavy atom. The summed E-state index contributed by atoms with van der Waals surface area (Å²) in [5, 5.41) is 0. The van der Waals surface area contributed by atoms with Gasteiger partial charge in [-0.2, -0.15) is 0 Å². The van der Waals surface area contributed by atoms with E-state index in [0.29, 0.717) is 18.7 Å². The Hall–Kier alpha value is -3.54. The van der Waals surface area contributed by atoms with Gasteiger partial charge in [0.15, 0.2) is 11.5 Å². The molecule has 1 amide bonds. The maximum absolute atomic E-state index is 13.0. The largest absolute Gasteiger partial charge is 0.488 e. The van der Waals surface area contributed by atoms with Crippen molar-refractivity contribution in [2.24, 2.45) is 0 Å². The van der Waals surface area contributed by atoms with E-state index in [1.54, 1.807) is 24.3 Å². The van der Waals surface area contributed by atoms with Crippen LogP contribution in [0, 0.1) is 13.8 Å². The molecule has 2 aromatic carbocycles. The highest BCUT2D eigenvalue weighted by Gasteiger charge is 2.18. The molecule has 1 aromatic heterocycles. The Kier molecular flexibility index (Phi) is 5.57. The second kappa shape index (κ2) is 8.45. The zero-order valence-electron chi connectivity index (χ0n) is 17.3. The van der Waals surface area contributed by atoms with E-state index in [1.807, 2.05) is 56.3 Å². The minimum Gasteiger partial charge on any atom is -0.488 e. The Labute approximate surface area is 176 Å². The van der Waals surface area contributed by atoms with Crippen molar-refractivity contribution in [3.05, 3.63) is 82.7 Å². The number of carbonyl (C=O) groups excluding carboxylic acids is 1. The molecule has 0 aliphatic carbocycles. The van der Waals surface area contributed by atoms with E-state index in [0.717, 1.165) is 39.5 Å². The molecule has 1 aliphatic rings. The molecule has 0 N–H and O–H groups in total. The number of pyridine rings is 1. The van der Waals surface area contributed by atoms with Crippen molar-refractivity contribution in [1.29, 1.82) is 0 Å². The Bertz CT molecular complexity index is 1040. The first-order chi connectivity index (χ1) is 14.5. The molecule has 154 valence electrons. The molecular weight excluding hydrogens is 380 g/mol. The van der Waals surface area contributed by atoms with Gasteiger partial charge in [-0.3, -0.25) is 9.78 Å². The number of carbonyl (C=O) groups is 1. The van der Waals surface area contributed by atoms with Gasteiger partial charge in [0.05, 0.1) is 0 Å². The van der Waals surface area contributed by atoms with Crippen LogP contribution in [0.25, 0.3) is 0 Å². The minimum absolute atomic E-state index is 0.0438. The van der Waals surface area contributed by atoms with Gasteiger partial charge in [-0.05, 0) is 60.9 Å². The van der Waals surface area contributed by atoms with Crippen molar-refractivity contribution in [2.75, 3.05) is 13.8 Å². The van der Waals surface area contributed by atoms with E-state index in [1.165, 1.54) is 0 Å². The summed E-state index contributed by atoms with van der Waals surface area (Å²) >= 11 is 0. The van der Waals surface area contributed by atoms with Gasteiger partial charge in [0.1, 0.15) is 12.4 Å². The van der Waals surface area contributed by atoms with E-state index < -0.39 is 0 Å². The van der Waals surface area contributed by atoms with Crippen LogP contribution in [0.4, 0.5) is 0 Å². The number of nitrogens with zero attached hydrogens (tertiary/aromatic N) is 2. The first-order valence-corrected chi connectivity index (χ1v) is 9.78. The molecule has 3 aromatic rings. The summed E-state index contributed by atoms with van der Waals surface area (Å²) in [6, 6.07) is 13.4. The number of hydrogen-bond donors (Lipinski definition) is 0. The van der Waals surface area contributed by atoms with Crippen molar-refractivity contribution < 1.29 is 19.0 Å². The van der Waals surface area contributed by atoms with Crippen LogP contribution in [-0.4, -0.2) is 29.6 Å². The molecule has 0 fully saturated rings. The summed E-state index contributed by atoms with van der Waals surface area (Å²) in [5.74, 6) is 2.21. The topological polar surface area (TPSA) is 60.9 Å². The number of fused-ring (bicyclic) bond motifs is 1. The molecule has 30 heavy (non-hydrogen) atoms. The molecule has 6 heteroatoms. The van der Waals surface area contributed by atoms with Crippen LogP contribution < -0.4 is 14.2 Å². The van der Waals surface area contributed by atoms with Crippen molar-refractivity contribution in [1.82, 2.24) is 9.88 Å². The SMILES string of the molecule is Cc1cc(C(=O)N(C)Cc2ccc3c(c2)OCO3)cc(C)c1OCc1cccnc1. The van der Waals surface area contributed by atoms with Crippen LogP contribution in [0.5, 0.6) is 17.2 Å². The van der Waals surface area contributed by atoms with E-state index in [4.69, 9.17) is 14.2 Å². The average Bonchev–Trinajstić information content (AvgIpc) is 3.21. The fourth-order valence-corrected chi connectivity index (χ4v) is 3.55. The zero-order valence-corrected chi connectivity index (χ0v) is 17.3. The van der Waals surface area contributed by atoms with E-state index in [9.17, 15) is 4.79 Å². The van der Waals surface area contributed by atoms with Gasteiger partial charge >= 0.3 is 0 Å². The fourth-order valence-electron chi connectivity index (χ4n) is 3.55. The summed E-state index contributed by atoms with van der Waals surface area (Å²) in [4.78, 5) is 18.8. The number of hydrogen-bond acceptors (Lipinski definition) is 5. The second-order valence-electron chi connectivity index (χ2n) is 7.44. The molecule has 0 bridgehead atoms. The summed E-state index contributed by atoms with van der Waals surface area (Å²) in [7, 11) is 1.80. The van der Waals surface area contributed by atoms with Crippen LogP contribution in [-0.2, 0) is 13.2 Å². The number of ether oxygens (including phenoxy) is 3. The predicted octanol–water partition coefficient (Wildman–Crippen LogP) is 4.28. The Balaban J connectivity index is 1.45. The smallest absolute Gasteiger partial charge is 0.253 e. The minimum atomic E-state index is -0.0438. The Morgan fingerprint density at radius 1 is 1.07 bits per heavy atom. The lowest BCUT2D eigenvalue weighted by molar-refractivity contribution is 0.0784. The maximum atomic E-state index is 13.0. The van der Waals surface area contributed by atoms with Gasteiger partial charge in [0.2, 0.25) is 6.79 Å². The highest BCUT2D eigenvalue weighted by atomic mass is 16.7. The lowest BCUT2D eigenvalue weighted by Crippen LogP contribution is -2.26. The van der Waals surface area contributed by atoms with Crippen molar-refractivity contribution >= 4 is 5.91 Å². The molecule has 1 aliphatic heterocycles. The third-order valence-corrected chi connectivity index (χ3v) is 5.02. The first-order valence-electron chi connectivity index (χ1n) is 9.78. The monoisotopic (exact) mass is 404 g/mol. The summed E-state index contributed by atoms with van der Waals surface area (Å²) in [6.07, 6.45) is 3.52. The number of amides is 1. The lowest BCUT2D eigenvalue weighted by atomic mass is 10.0. The van der Waals surface area contributed by atoms with Crippen molar-refractivity contribution in [3.63, 3.8) is 0 Å². The number of benzene rings is 2. The number of rotatable bonds is 6. The predicted molar refractivity (Wildman–Crippen MR) is 113 cm³/mol. The normalized spacial score (nSPS) is 12.0. The Morgan fingerprint density at radius 3 is 2.57 bits per heavy atom. The van der Waals surface area contributed by atoms with Crippen LogP contribution in [0.3, 0.4) is 0 Å². The average molecular weight is 404 g/mol. The fraction of sp³-hybridized carbons (Fsp3) is 0.250. The summed E-state index contributed by atoms with van der Waals surface area (Å²) in [5.41, 5.74) is 4.49. The zero-order chi connectivity index (χ0) is 21.1. The number of aryl methyl sites for hydroxylation is 2. The molecule has 2 heterocycles. The summed E-state index contributed by atoms with van der Waals surface area (Å²) in [6.45, 7) is 5.07. The van der Waals surface area contributed by atoms with Crippen molar-refractivity contribution in [3.8, 4) is 17.2 Å². The third-order valence-electron chi connectivity index (χ3n) is 5.02. The van der Waals surface area contributed by atoms with Gasteiger partial charge in [-0.15, -0.1) is 0 Å². The van der Waals surface area contributed by atoms with Gasteiger partial charge in [-0.25, -0.2) is 0 Å². The van der Waals surface area contributed by atoms with Crippen molar-refractivity contribution in [2.45, 2.75) is 27.0 Å². The molecular formula is C24H24N2O4. The third kappa shape index (κ3) is 4.22. The van der Waals surface area contributed by atoms with Crippen LogP contribution >= 0.6 is 0 Å². The van der Waals surface area contributed by atoms with E-state index in [-0.39, 0.29) is 12.7 Å². The van der Waals surface area contributed by atoms with Gasteiger partial charge in [0.25, 0.3) is 5.91 Å². The highest BCUT2D eigenvalue weighted by molar-refractivity contribution is 5.94. The molecule has 0 spiro atoms. The lowest BCUT2D eigenvalue weighted by Gasteiger charge is -2.19. The molecule has 0 saturated heterocycles. The molecule has 0 radical (unpaired) electrons. The summed E-state index contributed by atoms with van der Waals surface area (Å²) < 4.78 is 16.8. The van der Waals surface area contributed by atoms with Gasteiger partial charge in [0, 0.05) is 37.1 Å². The second-order valence-corrected chi connectivity index (χ2v) is 7.44. The van der Waals surface area contributed by atoms with Crippen LogP contribution in [0.2, 0.25) is 0 Å².